The lowest BCUT2D eigenvalue weighted by Gasteiger charge is -2.15. The van der Waals surface area contributed by atoms with Crippen molar-refractivity contribution in [1.82, 2.24) is 9.88 Å². The van der Waals surface area contributed by atoms with Crippen molar-refractivity contribution in [2.45, 2.75) is 19.4 Å². The highest BCUT2D eigenvalue weighted by molar-refractivity contribution is 5.77. The highest BCUT2D eigenvalue weighted by Crippen LogP contribution is 2.11. The third-order valence-electron chi connectivity index (χ3n) is 2.78. The third kappa shape index (κ3) is 3.17. The Kier molecular flexibility index (Phi) is 3.93. The third-order valence-corrected chi connectivity index (χ3v) is 2.78. The van der Waals surface area contributed by atoms with Gasteiger partial charge in [-0.3, -0.25) is 9.78 Å². The predicted octanol–water partition coefficient (Wildman–Crippen LogP) is 0.575. The molecule has 5 nitrogen and oxygen atoms in total. The molecule has 0 radical (unpaired) electrons. The molecule has 1 N–H and O–H groups in total. The summed E-state index contributed by atoms with van der Waals surface area (Å²) in [6, 6.07) is 3.38. The lowest BCUT2D eigenvalue weighted by Crippen LogP contribution is -2.32. The van der Waals surface area contributed by atoms with E-state index in [0.717, 1.165) is 25.9 Å². The van der Waals surface area contributed by atoms with Crippen LogP contribution in [-0.4, -0.2) is 40.6 Å². The standard InChI is InChI=1S/C12H16N2O3/c15-8-10-3-4-11(7-13-10)17-9-12(16)14-5-1-2-6-14/h3-4,7,15H,1-2,5-6,8-9H2. The quantitative estimate of drug-likeness (QED) is 0.830. The topological polar surface area (TPSA) is 62.7 Å². The molecular formula is C12H16N2O3. The number of pyridine rings is 1. The van der Waals surface area contributed by atoms with Gasteiger partial charge in [-0.25, -0.2) is 0 Å². The van der Waals surface area contributed by atoms with Gasteiger partial charge in [0.05, 0.1) is 18.5 Å². The monoisotopic (exact) mass is 236 g/mol. The molecule has 0 spiro atoms. The molecule has 2 rings (SSSR count). The fourth-order valence-electron chi connectivity index (χ4n) is 1.79. The number of aromatic nitrogens is 1. The summed E-state index contributed by atoms with van der Waals surface area (Å²) < 4.78 is 5.34. The Labute approximate surface area is 100 Å². The van der Waals surface area contributed by atoms with E-state index in [9.17, 15) is 4.79 Å². The molecule has 0 unspecified atom stereocenters. The molecule has 0 atom stereocenters. The second kappa shape index (κ2) is 5.63. The van der Waals surface area contributed by atoms with Crippen LogP contribution in [0.2, 0.25) is 0 Å². The largest absolute Gasteiger partial charge is 0.482 e. The average Bonchev–Trinajstić information content (AvgIpc) is 2.90. The first-order chi connectivity index (χ1) is 8.29. The molecule has 1 saturated heterocycles. The number of likely N-dealkylation sites (tertiary alicyclic amines) is 1. The van der Waals surface area contributed by atoms with E-state index in [1.807, 2.05) is 4.90 Å². The van der Waals surface area contributed by atoms with Gasteiger partial charge < -0.3 is 14.7 Å². The lowest BCUT2D eigenvalue weighted by molar-refractivity contribution is -0.132. The van der Waals surface area contributed by atoms with Gasteiger partial charge in [0.15, 0.2) is 6.61 Å². The van der Waals surface area contributed by atoms with Crippen LogP contribution in [0.3, 0.4) is 0 Å². The Morgan fingerprint density at radius 1 is 1.41 bits per heavy atom. The molecule has 17 heavy (non-hydrogen) atoms. The van der Waals surface area contributed by atoms with Gasteiger partial charge in [-0.15, -0.1) is 0 Å². The van der Waals surface area contributed by atoms with E-state index in [4.69, 9.17) is 9.84 Å². The summed E-state index contributed by atoms with van der Waals surface area (Å²) in [6.07, 6.45) is 3.68. The molecule has 0 aliphatic carbocycles. The number of amides is 1. The molecule has 92 valence electrons. The first-order valence-electron chi connectivity index (χ1n) is 5.76. The average molecular weight is 236 g/mol. The molecule has 0 saturated carbocycles. The minimum atomic E-state index is -0.0903. The van der Waals surface area contributed by atoms with Crippen molar-refractivity contribution in [2.75, 3.05) is 19.7 Å². The van der Waals surface area contributed by atoms with Crippen LogP contribution >= 0.6 is 0 Å². The number of rotatable bonds is 4. The maximum Gasteiger partial charge on any atom is 0.260 e. The Hall–Kier alpha value is -1.62. The number of nitrogens with zero attached hydrogens (tertiary/aromatic N) is 2. The van der Waals surface area contributed by atoms with Crippen LogP contribution in [0.15, 0.2) is 18.3 Å². The van der Waals surface area contributed by atoms with E-state index in [1.54, 1.807) is 12.1 Å². The number of carbonyl (C=O) groups is 1. The summed E-state index contributed by atoms with van der Waals surface area (Å²) in [5.41, 5.74) is 0.586. The zero-order chi connectivity index (χ0) is 12.1. The molecule has 1 aliphatic rings. The number of aliphatic hydroxyl groups is 1. The smallest absolute Gasteiger partial charge is 0.260 e. The number of carbonyl (C=O) groups excluding carboxylic acids is 1. The van der Waals surface area contributed by atoms with Crippen molar-refractivity contribution < 1.29 is 14.6 Å². The highest BCUT2D eigenvalue weighted by Gasteiger charge is 2.17. The van der Waals surface area contributed by atoms with Crippen LogP contribution in [0.25, 0.3) is 0 Å². The second-order valence-corrected chi connectivity index (χ2v) is 4.02. The van der Waals surface area contributed by atoms with Crippen molar-refractivity contribution in [1.29, 1.82) is 0 Å². The fraction of sp³-hybridized carbons (Fsp3) is 0.500. The molecule has 1 amide bonds. The number of hydrogen-bond acceptors (Lipinski definition) is 4. The van der Waals surface area contributed by atoms with Crippen molar-refractivity contribution >= 4 is 5.91 Å². The van der Waals surface area contributed by atoms with Crippen molar-refractivity contribution in [3.05, 3.63) is 24.0 Å². The van der Waals surface area contributed by atoms with Crippen LogP contribution < -0.4 is 4.74 Å². The maximum atomic E-state index is 11.7. The lowest BCUT2D eigenvalue weighted by atomic mass is 10.3. The van der Waals surface area contributed by atoms with Crippen molar-refractivity contribution in [2.24, 2.45) is 0 Å². The summed E-state index contributed by atoms with van der Waals surface area (Å²) >= 11 is 0. The van der Waals surface area contributed by atoms with Gasteiger partial charge in [0.2, 0.25) is 0 Å². The van der Waals surface area contributed by atoms with Crippen LogP contribution in [0, 0.1) is 0 Å². The van der Waals surface area contributed by atoms with Crippen molar-refractivity contribution in [3.63, 3.8) is 0 Å². The first kappa shape index (κ1) is 11.9. The maximum absolute atomic E-state index is 11.7. The Morgan fingerprint density at radius 3 is 2.76 bits per heavy atom. The van der Waals surface area contributed by atoms with Gasteiger partial charge in [0.25, 0.3) is 5.91 Å². The van der Waals surface area contributed by atoms with Gasteiger partial charge in [-0.2, -0.15) is 0 Å². The number of hydrogen-bond donors (Lipinski definition) is 1. The Bertz CT molecular complexity index is 372. The summed E-state index contributed by atoms with van der Waals surface area (Å²) in [7, 11) is 0. The predicted molar refractivity (Wildman–Crippen MR) is 61.5 cm³/mol. The summed E-state index contributed by atoms with van der Waals surface area (Å²) in [5, 5.41) is 8.83. The Balaban J connectivity index is 1.82. The van der Waals surface area contributed by atoms with E-state index in [2.05, 4.69) is 4.98 Å². The highest BCUT2D eigenvalue weighted by atomic mass is 16.5. The summed E-state index contributed by atoms with van der Waals surface area (Å²) in [5.74, 6) is 0.573. The van der Waals surface area contributed by atoms with Gasteiger partial charge in [0.1, 0.15) is 5.75 Å². The van der Waals surface area contributed by atoms with E-state index < -0.39 is 0 Å². The Morgan fingerprint density at radius 2 is 2.18 bits per heavy atom. The second-order valence-electron chi connectivity index (χ2n) is 4.02. The molecule has 1 aromatic heterocycles. The molecule has 1 fully saturated rings. The van der Waals surface area contributed by atoms with Crippen LogP contribution in [0.5, 0.6) is 5.75 Å². The van der Waals surface area contributed by atoms with Crippen LogP contribution in [0.1, 0.15) is 18.5 Å². The molecule has 5 heteroatoms. The number of aliphatic hydroxyl groups excluding tert-OH is 1. The zero-order valence-corrected chi connectivity index (χ0v) is 9.63. The van der Waals surface area contributed by atoms with E-state index in [1.165, 1.54) is 6.20 Å². The minimum absolute atomic E-state index is 0.0220. The van der Waals surface area contributed by atoms with E-state index >= 15 is 0 Å². The zero-order valence-electron chi connectivity index (χ0n) is 9.63. The fourth-order valence-corrected chi connectivity index (χ4v) is 1.79. The SMILES string of the molecule is O=C(COc1ccc(CO)nc1)N1CCCC1. The summed E-state index contributed by atoms with van der Waals surface area (Å²) in [6.45, 7) is 1.64. The van der Waals surface area contributed by atoms with Gasteiger partial charge in [0, 0.05) is 13.1 Å². The molecule has 1 aliphatic heterocycles. The first-order valence-corrected chi connectivity index (χ1v) is 5.76. The molecule has 0 aromatic carbocycles. The van der Waals surface area contributed by atoms with Gasteiger partial charge >= 0.3 is 0 Å². The molecule has 2 heterocycles. The minimum Gasteiger partial charge on any atom is -0.482 e. The van der Waals surface area contributed by atoms with Gasteiger partial charge in [-0.05, 0) is 25.0 Å². The molecular weight excluding hydrogens is 220 g/mol. The van der Waals surface area contributed by atoms with E-state index in [0.29, 0.717) is 11.4 Å². The molecule has 1 aromatic rings. The summed E-state index contributed by atoms with van der Waals surface area (Å²) in [4.78, 5) is 17.5. The van der Waals surface area contributed by atoms with Gasteiger partial charge in [-0.1, -0.05) is 0 Å². The molecule has 0 bridgehead atoms. The van der Waals surface area contributed by atoms with E-state index in [-0.39, 0.29) is 19.1 Å². The normalized spacial score (nSPS) is 15.0. The van der Waals surface area contributed by atoms with Crippen LogP contribution in [0.4, 0.5) is 0 Å². The van der Waals surface area contributed by atoms with Crippen LogP contribution in [-0.2, 0) is 11.4 Å². The van der Waals surface area contributed by atoms with Crippen molar-refractivity contribution in [3.8, 4) is 5.75 Å². The number of ether oxygens (including phenoxy) is 1.